The second-order valence-electron chi connectivity index (χ2n) is 5.75. The molecule has 5 nitrogen and oxygen atoms in total. The Morgan fingerprint density at radius 3 is 2.86 bits per heavy atom. The smallest absolute Gasteiger partial charge is 0.221 e. The van der Waals surface area contributed by atoms with Gasteiger partial charge in [0.1, 0.15) is 5.75 Å². The van der Waals surface area contributed by atoms with Gasteiger partial charge in [-0.2, -0.15) is 0 Å². The van der Waals surface area contributed by atoms with E-state index in [4.69, 9.17) is 16.2 Å². The molecule has 3 unspecified atom stereocenters. The van der Waals surface area contributed by atoms with Gasteiger partial charge in [-0.05, 0) is 37.5 Å². The maximum Gasteiger partial charge on any atom is 0.221 e. The molecule has 1 saturated heterocycles. The molecule has 1 aromatic carbocycles. The number of hydrogen-bond acceptors (Lipinski definition) is 4. The number of primary amides is 1. The summed E-state index contributed by atoms with van der Waals surface area (Å²) in [5.74, 6) is 0.524. The van der Waals surface area contributed by atoms with Crippen LogP contribution in [0.15, 0.2) is 24.3 Å². The lowest BCUT2D eigenvalue weighted by molar-refractivity contribution is -0.124. The standard InChI is InChI=1S/C16H25N3O2/c1-11-6-7-13(16(18)20)10-19(11)15(9-17)12-4-3-5-14(8-12)21-2/h3-5,8,11,13,15H,6-7,9-10,17H2,1-2H3,(H2,18,20). The van der Waals surface area contributed by atoms with Crippen molar-refractivity contribution in [1.82, 2.24) is 4.90 Å². The zero-order chi connectivity index (χ0) is 15.4. The third-order valence-electron chi connectivity index (χ3n) is 4.43. The normalized spacial score (nSPS) is 24.5. The topological polar surface area (TPSA) is 81.6 Å². The minimum Gasteiger partial charge on any atom is -0.497 e. The molecule has 21 heavy (non-hydrogen) atoms. The van der Waals surface area contributed by atoms with Crippen molar-refractivity contribution in [1.29, 1.82) is 0 Å². The molecule has 2 rings (SSSR count). The van der Waals surface area contributed by atoms with Crippen LogP contribution in [-0.4, -0.2) is 37.0 Å². The van der Waals surface area contributed by atoms with E-state index in [0.717, 1.165) is 24.2 Å². The lowest BCUT2D eigenvalue weighted by atomic mass is 9.90. The van der Waals surface area contributed by atoms with Gasteiger partial charge in [0.25, 0.3) is 0 Å². The van der Waals surface area contributed by atoms with Gasteiger partial charge < -0.3 is 16.2 Å². The molecule has 1 aromatic rings. The number of piperidine rings is 1. The maximum atomic E-state index is 11.5. The van der Waals surface area contributed by atoms with Crippen molar-refractivity contribution >= 4 is 5.91 Å². The Hall–Kier alpha value is -1.59. The zero-order valence-corrected chi connectivity index (χ0v) is 12.8. The molecule has 0 aromatic heterocycles. The number of carbonyl (C=O) groups excluding carboxylic acids is 1. The van der Waals surface area contributed by atoms with Gasteiger partial charge in [0.15, 0.2) is 0 Å². The van der Waals surface area contributed by atoms with Gasteiger partial charge in [0.05, 0.1) is 13.0 Å². The fourth-order valence-electron chi connectivity index (χ4n) is 3.11. The highest BCUT2D eigenvalue weighted by Crippen LogP contribution is 2.31. The number of nitrogens with two attached hydrogens (primary N) is 2. The second-order valence-corrected chi connectivity index (χ2v) is 5.75. The third kappa shape index (κ3) is 3.54. The lowest BCUT2D eigenvalue weighted by Gasteiger charge is -2.42. The third-order valence-corrected chi connectivity index (χ3v) is 4.43. The molecule has 1 aliphatic rings. The molecule has 1 aliphatic heterocycles. The molecule has 0 aliphatic carbocycles. The molecule has 0 saturated carbocycles. The lowest BCUT2D eigenvalue weighted by Crippen LogP contribution is -2.49. The van der Waals surface area contributed by atoms with E-state index in [-0.39, 0.29) is 17.9 Å². The number of hydrogen-bond donors (Lipinski definition) is 2. The monoisotopic (exact) mass is 291 g/mol. The van der Waals surface area contributed by atoms with Crippen molar-refractivity contribution in [3.05, 3.63) is 29.8 Å². The van der Waals surface area contributed by atoms with Gasteiger partial charge in [-0.3, -0.25) is 9.69 Å². The van der Waals surface area contributed by atoms with Gasteiger partial charge >= 0.3 is 0 Å². The average Bonchev–Trinajstić information content (AvgIpc) is 2.50. The second kappa shape index (κ2) is 6.91. The predicted molar refractivity (Wildman–Crippen MR) is 82.9 cm³/mol. The first-order valence-corrected chi connectivity index (χ1v) is 7.46. The Balaban J connectivity index is 2.23. The predicted octanol–water partition coefficient (Wildman–Crippen LogP) is 1.28. The van der Waals surface area contributed by atoms with E-state index >= 15 is 0 Å². The largest absolute Gasteiger partial charge is 0.497 e. The van der Waals surface area contributed by atoms with Gasteiger partial charge in [-0.1, -0.05) is 12.1 Å². The van der Waals surface area contributed by atoms with Crippen LogP contribution >= 0.6 is 0 Å². The first-order chi connectivity index (χ1) is 10.1. The number of benzene rings is 1. The number of methoxy groups -OCH3 is 1. The molecule has 0 radical (unpaired) electrons. The summed E-state index contributed by atoms with van der Waals surface area (Å²) in [6, 6.07) is 8.43. The van der Waals surface area contributed by atoms with Crippen LogP contribution < -0.4 is 16.2 Å². The SMILES string of the molecule is COc1cccc(C(CN)N2CC(C(N)=O)CCC2C)c1. The first-order valence-electron chi connectivity index (χ1n) is 7.46. The molecule has 5 heteroatoms. The molecular weight excluding hydrogens is 266 g/mol. The van der Waals surface area contributed by atoms with Crippen molar-refractivity contribution in [2.75, 3.05) is 20.2 Å². The highest BCUT2D eigenvalue weighted by Gasteiger charge is 2.33. The fraction of sp³-hybridized carbons (Fsp3) is 0.562. The van der Waals surface area contributed by atoms with E-state index in [9.17, 15) is 4.79 Å². The van der Waals surface area contributed by atoms with Crippen molar-refractivity contribution in [3.63, 3.8) is 0 Å². The van der Waals surface area contributed by atoms with Gasteiger partial charge in [0, 0.05) is 25.2 Å². The molecule has 116 valence electrons. The number of carbonyl (C=O) groups is 1. The first kappa shape index (κ1) is 15.8. The average molecular weight is 291 g/mol. The Labute approximate surface area is 126 Å². The van der Waals surface area contributed by atoms with Crippen LogP contribution in [0.5, 0.6) is 5.75 Å². The number of nitrogens with zero attached hydrogens (tertiary/aromatic N) is 1. The van der Waals surface area contributed by atoms with Crippen molar-refractivity contribution in [3.8, 4) is 5.75 Å². The molecule has 1 heterocycles. The van der Waals surface area contributed by atoms with Crippen molar-refractivity contribution in [2.24, 2.45) is 17.4 Å². The summed E-state index contributed by atoms with van der Waals surface area (Å²) in [4.78, 5) is 13.8. The Bertz CT molecular complexity index is 492. The number of rotatable bonds is 5. The number of amides is 1. The van der Waals surface area contributed by atoms with Crippen LogP contribution in [0.4, 0.5) is 0 Å². The highest BCUT2D eigenvalue weighted by atomic mass is 16.5. The minimum absolute atomic E-state index is 0.0808. The van der Waals surface area contributed by atoms with E-state index in [1.54, 1.807) is 7.11 Å². The van der Waals surface area contributed by atoms with Gasteiger partial charge in [-0.15, -0.1) is 0 Å². The molecule has 1 amide bonds. The van der Waals surface area contributed by atoms with Crippen molar-refractivity contribution in [2.45, 2.75) is 31.8 Å². The Kier molecular flexibility index (Phi) is 5.20. The van der Waals surface area contributed by atoms with E-state index in [2.05, 4.69) is 17.9 Å². The van der Waals surface area contributed by atoms with Crippen LogP contribution in [0.2, 0.25) is 0 Å². The summed E-state index contributed by atoms with van der Waals surface area (Å²) in [5.41, 5.74) is 12.6. The molecule has 3 atom stereocenters. The Morgan fingerprint density at radius 1 is 1.48 bits per heavy atom. The molecule has 0 spiro atoms. The molecule has 1 fully saturated rings. The number of ether oxygens (including phenoxy) is 1. The zero-order valence-electron chi connectivity index (χ0n) is 12.8. The van der Waals surface area contributed by atoms with Crippen LogP contribution in [0.3, 0.4) is 0 Å². The van der Waals surface area contributed by atoms with Crippen molar-refractivity contribution < 1.29 is 9.53 Å². The van der Waals surface area contributed by atoms with E-state index in [1.807, 2.05) is 18.2 Å². The van der Waals surface area contributed by atoms with E-state index in [0.29, 0.717) is 19.1 Å². The van der Waals surface area contributed by atoms with E-state index < -0.39 is 0 Å². The quantitative estimate of drug-likeness (QED) is 0.856. The molecular formula is C16H25N3O2. The summed E-state index contributed by atoms with van der Waals surface area (Å²) < 4.78 is 5.29. The molecule has 0 bridgehead atoms. The van der Waals surface area contributed by atoms with Crippen LogP contribution in [0, 0.1) is 5.92 Å². The van der Waals surface area contributed by atoms with Gasteiger partial charge in [-0.25, -0.2) is 0 Å². The van der Waals surface area contributed by atoms with E-state index in [1.165, 1.54) is 0 Å². The Morgan fingerprint density at radius 2 is 2.24 bits per heavy atom. The van der Waals surface area contributed by atoms with Crippen LogP contribution in [0.25, 0.3) is 0 Å². The van der Waals surface area contributed by atoms with Crippen LogP contribution in [-0.2, 0) is 4.79 Å². The summed E-state index contributed by atoms with van der Waals surface area (Å²) in [7, 11) is 1.66. The summed E-state index contributed by atoms with van der Waals surface area (Å²) in [6.07, 6.45) is 1.83. The highest BCUT2D eigenvalue weighted by molar-refractivity contribution is 5.77. The van der Waals surface area contributed by atoms with Gasteiger partial charge in [0.2, 0.25) is 5.91 Å². The molecule has 4 N–H and O–H groups in total. The number of likely N-dealkylation sites (tertiary alicyclic amines) is 1. The summed E-state index contributed by atoms with van der Waals surface area (Å²) in [5, 5.41) is 0. The fourth-order valence-corrected chi connectivity index (χ4v) is 3.11. The minimum atomic E-state index is -0.215. The maximum absolute atomic E-state index is 11.5. The van der Waals surface area contributed by atoms with Crippen LogP contribution in [0.1, 0.15) is 31.4 Å². The summed E-state index contributed by atoms with van der Waals surface area (Å²) >= 11 is 0. The summed E-state index contributed by atoms with van der Waals surface area (Å²) in [6.45, 7) is 3.36.